The Morgan fingerprint density at radius 2 is 0.743 bits per heavy atom. The predicted octanol–water partition coefficient (Wildman–Crippen LogP) is 15.5. The topological polar surface area (TPSA) is 418 Å². The highest BCUT2D eigenvalue weighted by molar-refractivity contribution is 9.10. The Balaban J connectivity index is 0.000000165. The van der Waals surface area contributed by atoms with E-state index >= 15 is 0 Å². The molecule has 16 rings (SSSR count). The van der Waals surface area contributed by atoms with Crippen LogP contribution in [0.3, 0.4) is 0 Å². The molecule has 0 aliphatic carbocycles. The van der Waals surface area contributed by atoms with Gasteiger partial charge in [0, 0.05) is 176 Å². The summed E-state index contributed by atoms with van der Waals surface area (Å²) in [6.07, 6.45) is 2.93. The molecular formula is C95H94Br2Cl2F12N16O17S4. The first-order chi connectivity index (χ1) is 70.4. The number of aliphatic imine (C=N–C) groups is 4. The first-order valence-electron chi connectivity index (χ1n) is 45.4. The lowest BCUT2D eigenvalue weighted by atomic mass is 9.91. The molecule has 792 valence electrons. The van der Waals surface area contributed by atoms with E-state index in [-0.39, 0.29) is 140 Å². The van der Waals surface area contributed by atoms with Crippen LogP contribution in [0.4, 0.5) is 52.7 Å². The van der Waals surface area contributed by atoms with Gasteiger partial charge in [-0.25, -0.2) is 106 Å². The lowest BCUT2D eigenvalue weighted by Crippen LogP contribution is -2.52. The molecule has 0 spiro atoms. The molecule has 33 nitrogen and oxygen atoms in total. The molecule has 0 bridgehead atoms. The molecule has 4 saturated heterocycles. The summed E-state index contributed by atoms with van der Waals surface area (Å²) in [5.41, 5.74) is 3.00. The maximum absolute atomic E-state index is 14.9. The number of rotatable bonds is 32. The Morgan fingerprint density at radius 3 is 1.03 bits per heavy atom. The number of hydrogen-bond donors (Lipinski definition) is 8. The number of aliphatic hydroxyl groups excluding tert-OH is 1. The zero-order valence-corrected chi connectivity index (χ0v) is 86.5. The van der Waals surface area contributed by atoms with Crippen molar-refractivity contribution < 1.29 is 135 Å². The highest BCUT2D eigenvalue weighted by atomic mass is 79.9. The number of likely N-dealkylation sites (tertiary alicyclic amines) is 4. The maximum Gasteiger partial charge on any atom is 0.338 e. The van der Waals surface area contributed by atoms with E-state index in [0.717, 1.165) is 24.3 Å². The number of amidine groups is 4. The Bertz CT molecular complexity index is 6270. The van der Waals surface area contributed by atoms with Crippen LogP contribution in [0.2, 0.25) is 10.0 Å². The van der Waals surface area contributed by atoms with E-state index in [1.54, 1.807) is 74.0 Å². The number of esters is 4. The lowest BCUT2D eigenvalue weighted by molar-refractivity contribution is -0.154. The molecule has 0 amide bonds. The number of nitrogens with zero attached hydrogens (tertiary/aromatic N) is 12. The van der Waals surface area contributed by atoms with Gasteiger partial charge in [0.25, 0.3) is 23.7 Å². The third kappa shape index (κ3) is 30.3. The van der Waals surface area contributed by atoms with Crippen molar-refractivity contribution in [2.75, 3.05) is 118 Å². The summed E-state index contributed by atoms with van der Waals surface area (Å²) in [7, 11) is 0. The number of carbonyl (C=O) groups excluding carboxylic acids is 4. The van der Waals surface area contributed by atoms with Crippen molar-refractivity contribution in [3.05, 3.63) is 261 Å². The number of aliphatic hydroxyl groups is 1. The average molecular weight is 2320 g/mol. The van der Waals surface area contributed by atoms with Gasteiger partial charge in [0.15, 0.2) is 43.4 Å². The van der Waals surface area contributed by atoms with E-state index in [0.29, 0.717) is 74.4 Å². The number of hydrogen-bond acceptors (Lipinski definition) is 34. The molecule has 53 heteroatoms. The second-order valence-electron chi connectivity index (χ2n) is 34.0. The maximum atomic E-state index is 14.9. The number of thiazole rings is 4. The normalized spacial score (nSPS) is 21.9. The molecule has 148 heavy (non-hydrogen) atoms. The number of piperidine rings is 4. The second kappa shape index (κ2) is 51.0. The summed E-state index contributed by atoms with van der Waals surface area (Å²) >= 11 is 24.5. The molecule has 0 saturated carbocycles. The number of aromatic nitrogens is 4. The summed E-state index contributed by atoms with van der Waals surface area (Å²) < 4.78 is 204. The zero-order valence-electron chi connectivity index (χ0n) is 78.5. The fourth-order valence-corrected chi connectivity index (χ4v) is 21.2. The van der Waals surface area contributed by atoms with E-state index in [9.17, 15) is 91.4 Å². The van der Waals surface area contributed by atoms with Gasteiger partial charge >= 0.3 is 41.8 Å². The fourth-order valence-electron chi connectivity index (χ4n) is 17.2. The summed E-state index contributed by atoms with van der Waals surface area (Å²) in [5.74, 6) is -21.3. The number of alkyl halides is 8. The van der Waals surface area contributed by atoms with Crippen LogP contribution in [0, 0.1) is 29.2 Å². The number of allylic oxidation sites excluding steroid dienone is 1. The number of ether oxygens (including phenoxy) is 6. The predicted molar refractivity (Wildman–Crippen MR) is 529 cm³/mol. The largest absolute Gasteiger partial charge is 0.480 e. The quantitative estimate of drug-likeness (QED) is 0.00840. The van der Waals surface area contributed by atoms with Crippen LogP contribution in [0.5, 0.6) is 0 Å². The Morgan fingerprint density at radius 1 is 0.439 bits per heavy atom. The first kappa shape index (κ1) is 114. The molecular weight excluding hydrogens is 2220 g/mol. The Hall–Kier alpha value is -11.3. The van der Waals surface area contributed by atoms with Crippen molar-refractivity contribution in [3.8, 4) is 0 Å². The minimum Gasteiger partial charge on any atom is -0.480 e. The molecule has 12 heterocycles. The van der Waals surface area contributed by atoms with Gasteiger partial charge in [-0.3, -0.25) is 39.6 Å². The minimum absolute atomic E-state index is 0.00411. The van der Waals surface area contributed by atoms with Crippen molar-refractivity contribution >= 4 is 166 Å². The molecule has 8 aliphatic heterocycles. The van der Waals surface area contributed by atoms with Gasteiger partial charge in [0.1, 0.15) is 60.7 Å². The number of halogens is 16. The van der Waals surface area contributed by atoms with Gasteiger partial charge in [-0.05, 0) is 100 Å². The van der Waals surface area contributed by atoms with Crippen LogP contribution in [0.15, 0.2) is 205 Å². The van der Waals surface area contributed by atoms with Crippen molar-refractivity contribution in [2.45, 2.75) is 120 Å². The number of β-amino-alcohol motifs (C(OH)–C–C–N with tert-alkyl or cyclic N) is 1. The van der Waals surface area contributed by atoms with Crippen LogP contribution in [-0.4, -0.2) is 285 Å². The fraction of sp³-hybridized carbons (Fsp3) is 0.400. The van der Waals surface area contributed by atoms with Crippen LogP contribution in [-0.2, 0) is 62.0 Å². The van der Waals surface area contributed by atoms with Crippen molar-refractivity contribution in [1.82, 2.24) is 60.8 Å². The molecule has 8 aliphatic rings. The highest BCUT2D eigenvalue weighted by Gasteiger charge is 2.49. The third-order valence-electron chi connectivity index (χ3n) is 23.0. The van der Waals surface area contributed by atoms with Gasteiger partial charge in [-0.15, -0.1) is 45.3 Å². The average Bonchev–Trinajstić information content (AvgIpc) is 1.11. The van der Waals surface area contributed by atoms with E-state index in [2.05, 4.69) is 88.0 Å². The number of benzene rings is 4. The van der Waals surface area contributed by atoms with E-state index in [4.69, 9.17) is 71.9 Å². The molecule has 0 radical (unpaired) electrons. The van der Waals surface area contributed by atoms with E-state index in [1.807, 2.05) is 0 Å². The van der Waals surface area contributed by atoms with Crippen LogP contribution < -0.4 is 21.3 Å². The standard InChI is InChI=1S/C25H24ClF3N4O4S.C24H24BrF3N4O5S.C24H24ClF3N4O5S.C22H22BrF3N4O3S/c1-2-37-24(36)20-18(12-33-9-7-14(3-6-19(34)35)25(28,29)13-33)31-22(23-30-8-10-38-23)32-21(20)16-5-4-15(27)11-17(16)26;2*1-2-36-23(35)19-17(10-32-9-14(37-11-18(33)34)8-24(27,28)12-32)30-21(22-29-5-6-38-22)31-20(19)15-4-3-13(26)7-16(15)25;1-2-33-21(32)17-16(10-30-9-13(31)8-22(25,26)11-30)28-19(20-27-5-6-34-20)29-18(17)14-4-3-12(24)7-15(14)23/h3-6,8,10-11,14,21H,2,7,9,12-13H2,1H3,(H,31,32)(H,34,35);2*3-7,14,20H,2,8-12H2,1H3,(H,30,31)(H,33,34);3-7,13,18,31H,2,8-11H2,1H3,(H,28,29)/b6-3+;;;/t14?,21-;2*14?,20-;13?,18-/m0000/s1. The molecule has 4 fully saturated rings. The van der Waals surface area contributed by atoms with Crippen LogP contribution in [0.25, 0.3) is 0 Å². The van der Waals surface area contributed by atoms with E-state index < -0.39 is 196 Å². The molecule has 8 N–H and O–H groups in total. The van der Waals surface area contributed by atoms with Gasteiger partial charge < -0.3 is 70.1 Å². The zero-order chi connectivity index (χ0) is 107. The Kier molecular flexibility index (Phi) is 39.2. The van der Waals surface area contributed by atoms with E-state index in [1.165, 1.54) is 126 Å². The molecule has 4 unspecified atom stereocenters. The Labute approximate surface area is 879 Å². The first-order valence-corrected chi connectivity index (χ1v) is 51.3. The molecule has 4 aromatic carbocycles. The van der Waals surface area contributed by atoms with Crippen molar-refractivity contribution in [3.63, 3.8) is 0 Å². The number of carboxylic acid groups (broad SMARTS) is 3. The number of nitrogens with one attached hydrogen (secondary N) is 4. The second-order valence-corrected chi connectivity index (χ2v) is 40.1. The minimum atomic E-state index is -3.20. The molecule has 4 aromatic heterocycles. The van der Waals surface area contributed by atoms with Crippen molar-refractivity contribution in [2.24, 2.45) is 25.9 Å². The summed E-state index contributed by atoms with van der Waals surface area (Å²) in [5, 5.41) is 57.9. The molecule has 8 atom stereocenters. The van der Waals surface area contributed by atoms with Crippen LogP contribution in [0.1, 0.15) is 120 Å². The van der Waals surface area contributed by atoms with Gasteiger partial charge in [-0.1, -0.05) is 85.4 Å². The summed E-state index contributed by atoms with van der Waals surface area (Å²) in [6.45, 7) is 2.64. The molecule has 8 aromatic rings. The van der Waals surface area contributed by atoms with Gasteiger partial charge in [-0.2, -0.15) is 0 Å². The van der Waals surface area contributed by atoms with Gasteiger partial charge in [0.05, 0.1) is 93.2 Å². The third-order valence-corrected chi connectivity index (χ3v) is 28.2. The summed E-state index contributed by atoms with van der Waals surface area (Å²) in [6, 6.07) is 11.5. The van der Waals surface area contributed by atoms with Gasteiger partial charge in [0.2, 0.25) is 0 Å². The highest BCUT2D eigenvalue weighted by Crippen LogP contribution is 2.46. The number of carbonyl (C=O) groups is 7. The summed E-state index contributed by atoms with van der Waals surface area (Å²) in [4.78, 5) is 127. The number of aliphatic carboxylic acids is 3. The monoisotopic (exact) mass is 2310 g/mol. The van der Waals surface area contributed by atoms with Crippen molar-refractivity contribution in [1.29, 1.82) is 0 Å². The SMILES string of the molecule is CCOC(=O)C1=C(CN2CC(O)CC(F)(F)C2)NC(c2nccs2)=N[C@H]1c1ccc(F)cc1Br.CCOC(=O)C1=C(CN2CC(OCC(=O)O)CC(F)(F)C2)NC(c2nccs2)=N[C@H]1c1ccc(F)cc1Br.CCOC(=O)C1=C(CN2CC(OCC(=O)O)CC(F)(F)C2)NC(c2nccs2)=N[C@H]1c1ccc(F)cc1Cl.CCOC(=O)C1=C(CN2CCC(/C=C/C(=O)O)C(F)(F)C2)NC(c2nccs2)=N[C@H]1c1ccc(F)cc1Cl. The number of carboxylic acids is 3. The smallest absolute Gasteiger partial charge is 0.338 e. The van der Waals surface area contributed by atoms with Crippen LogP contribution >= 0.6 is 100 Å². The lowest BCUT2D eigenvalue weighted by Gasteiger charge is -2.38.